The summed E-state index contributed by atoms with van der Waals surface area (Å²) in [5.41, 5.74) is 14.9. The zero-order chi connectivity index (χ0) is 17.7. The molecule has 0 radical (unpaired) electrons. The Kier molecular flexibility index (Phi) is 7.16. The van der Waals surface area contributed by atoms with Gasteiger partial charge in [0.15, 0.2) is 0 Å². The first-order valence-corrected chi connectivity index (χ1v) is 10.6. The van der Waals surface area contributed by atoms with Crippen molar-refractivity contribution >= 4 is 0 Å². The maximum absolute atomic E-state index is 7.24. The fraction of sp³-hybridized carbons (Fsp3) is 1.00. The van der Waals surface area contributed by atoms with Gasteiger partial charge >= 0.3 is 0 Å². The Balaban J connectivity index is 2.45. The molecule has 4 N–H and O–H groups in total. The highest BCUT2D eigenvalue weighted by atomic mass is 15.4. The van der Waals surface area contributed by atoms with Crippen LogP contribution in [0.2, 0.25) is 0 Å². The van der Waals surface area contributed by atoms with Crippen molar-refractivity contribution in [3.05, 3.63) is 0 Å². The second-order valence-corrected chi connectivity index (χ2v) is 9.41. The molecule has 0 aromatic carbocycles. The third-order valence-electron chi connectivity index (χ3n) is 7.37. The summed E-state index contributed by atoms with van der Waals surface area (Å²) >= 11 is 0. The summed E-state index contributed by atoms with van der Waals surface area (Å²) in [6, 6.07) is 0. The molecule has 2 rings (SSSR count). The van der Waals surface area contributed by atoms with E-state index >= 15 is 0 Å². The van der Waals surface area contributed by atoms with Crippen LogP contribution in [-0.4, -0.2) is 17.6 Å². The molecular weight excluding hydrogens is 294 g/mol. The highest BCUT2D eigenvalue weighted by Crippen LogP contribution is 2.50. The van der Waals surface area contributed by atoms with E-state index in [1.807, 2.05) is 0 Å². The first-order valence-electron chi connectivity index (χ1n) is 10.6. The lowest BCUT2D eigenvalue weighted by molar-refractivity contribution is -0.00851. The topological polar surface area (TPSA) is 50.1 Å². The molecule has 2 fully saturated rings. The van der Waals surface area contributed by atoms with Gasteiger partial charge in [-0.15, -0.1) is 0 Å². The zero-order valence-corrected chi connectivity index (χ0v) is 16.8. The van der Waals surface area contributed by atoms with Crippen LogP contribution in [0.5, 0.6) is 0 Å². The van der Waals surface area contributed by atoms with E-state index in [4.69, 9.17) is 5.73 Å². The summed E-state index contributed by atoms with van der Waals surface area (Å²) < 4.78 is 0. The minimum atomic E-state index is -0.0303. The maximum Gasteiger partial charge on any atom is 0.0329 e. The first-order chi connectivity index (χ1) is 11.4. The maximum atomic E-state index is 7.24. The van der Waals surface area contributed by atoms with Gasteiger partial charge in [0.25, 0.3) is 0 Å². The van der Waals surface area contributed by atoms with Gasteiger partial charge in [0, 0.05) is 17.6 Å². The molecule has 0 spiro atoms. The van der Waals surface area contributed by atoms with Gasteiger partial charge in [0.2, 0.25) is 0 Å². The molecule has 1 heterocycles. The molecule has 1 saturated carbocycles. The lowest BCUT2D eigenvalue weighted by Gasteiger charge is -2.55. The van der Waals surface area contributed by atoms with E-state index in [9.17, 15) is 0 Å². The molecular formula is C21H43N3. The molecule has 2 aliphatic rings. The largest absolute Gasteiger partial charge is 0.325 e. The molecule has 0 aromatic rings. The Morgan fingerprint density at radius 1 is 0.875 bits per heavy atom. The minimum Gasteiger partial charge on any atom is -0.325 e. The summed E-state index contributed by atoms with van der Waals surface area (Å²) in [5.74, 6) is 0.601. The van der Waals surface area contributed by atoms with Crippen LogP contribution in [0.25, 0.3) is 0 Å². The number of rotatable bonds is 2. The van der Waals surface area contributed by atoms with E-state index in [0.29, 0.717) is 5.92 Å². The van der Waals surface area contributed by atoms with Crippen molar-refractivity contribution in [1.29, 1.82) is 0 Å². The van der Waals surface area contributed by atoms with Crippen LogP contribution in [-0.2, 0) is 0 Å². The molecule has 3 nitrogen and oxygen atoms in total. The molecule has 2 bridgehead atoms. The average molecular weight is 338 g/mol. The number of hydrazine groups is 1. The standard InChI is InChI=1S/C21H43N3/c1-5-13-18-19(2,3)21(22)15-10-7-6-9-14-20(18,4)24-23-17-12-8-11-16-21/h18,23-24H,5-17,22H2,1-4H3. The fourth-order valence-electron chi connectivity index (χ4n) is 5.59. The van der Waals surface area contributed by atoms with Crippen molar-refractivity contribution in [3.8, 4) is 0 Å². The Morgan fingerprint density at radius 3 is 2.08 bits per heavy atom. The number of hydrogen-bond donors (Lipinski definition) is 3. The minimum absolute atomic E-state index is 0.0303. The molecule has 1 aliphatic carbocycles. The lowest BCUT2D eigenvalue weighted by Crippen LogP contribution is -2.65. The van der Waals surface area contributed by atoms with Gasteiger partial charge in [-0.2, -0.15) is 0 Å². The van der Waals surface area contributed by atoms with E-state index in [0.717, 1.165) is 6.54 Å². The van der Waals surface area contributed by atoms with E-state index in [-0.39, 0.29) is 16.5 Å². The zero-order valence-electron chi connectivity index (χ0n) is 16.8. The smallest absolute Gasteiger partial charge is 0.0329 e. The van der Waals surface area contributed by atoms with Crippen molar-refractivity contribution in [1.82, 2.24) is 10.9 Å². The van der Waals surface area contributed by atoms with Crippen molar-refractivity contribution in [2.45, 2.75) is 116 Å². The Hall–Kier alpha value is -0.120. The van der Waals surface area contributed by atoms with Crippen LogP contribution in [0, 0.1) is 11.3 Å². The van der Waals surface area contributed by atoms with Crippen LogP contribution in [0.15, 0.2) is 0 Å². The number of fused-ring (bicyclic) bond motifs is 3. The summed E-state index contributed by atoms with van der Waals surface area (Å²) in [5, 5.41) is 0. The third-order valence-corrected chi connectivity index (χ3v) is 7.37. The summed E-state index contributed by atoms with van der Waals surface area (Å²) in [6.45, 7) is 10.8. The average Bonchev–Trinajstić information content (AvgIpc) is 2.55. The van der Waals surface area contributed by atoms with E-state index in [1.165, 1.54) is 77.0 Å². The van der Waals surface area contributed by atoms with Crippen LogP contribution >= 0.6 is 0 Å². The summed E-state index contributed by atoms with van der Waals surface area (Å²) in [4.78, 5) is 0. The van der Waals surface area contributed by atoms with Gasteiger partial charge in [-0.25, -0.2) is 0 Å². The SMILES string of the molecule is CCCC1C2(C)CCCCCCC(N)(CCCCCNN2)C1(C)C. The second-order valence-electron chi connectivity index (χ2n) is 9.41. The number of hydrogen-bond acceptors (Lipinski definition) is 3. The third kappa shape index (κ3) is 4.34. The predicted molar refractivity (Wildman–Crippen MR) is 105 cm³/mol. The molecule has 3 unspecified atom stereocenters. The Labute approximate surface area is 150 Å². The molecule has 1 aliphatic heterocycles. The molecule has 3 heteroatoms. The van der Waals surface area contributed by atoms with Crippen molar-refractivity contribution in [3.63, 3.8) is 0 Å². The quantitative estimate of drug-likeness (QED) is 0.671. The van der Waals surface area contributed by atoms with Crippen LogP contribution in [0.3, 0.4) is 0 Å². The number of nitrogens with one attached hydrogen (secondary N) is 2. The normalized spacial score (nSPS) is 39.1. The molecule has 3 atom stereocenters. The molecule has 0 amide bonds. The highest BCUT2D eigenvalue weighted by Gasteiger charge is 2.51. The molecule has 0 aromatic heterocycles. The van der Waals surface area contributed by atoms with Gasteiger partial charge in [-0.3, -0.25) is 10.9 Å². The summed E-state index contributed by atoms with van der Waals surface area (Å²) in [7, 11) is 0. The molecule has 1 saturated heterocycles. The lowest BCUT2D eigenvalue weighted by atomic mass is 9.54. The van der Waals surface area contributed by atoms with Crippen molar-refractivity contribution in [2.75, 3.05) is 6.54 Å². The molecule has 24 heavy (non-hydrogen) atoms. The monoisotopic (exact) mass is 337 g/mol. The molecule has 142 valence electrons. The van der Waals surface area contributed by atoms with Crippen LogP contribution in [0.1, 0.15) is 105 Å². The van der Waals surface area contributed by atoms with Gasteiger partial charge in [-0.1, -0.05) is 65.7 Å². The van der Waals surface area contributed by atoms with Crippen LogP contribution in [0.4, 0.5) is 0 Å². The Bertz CT molecular complexity index is 381. The van der Waals surface area contributed by atoms with Crippen LogP contribution < -0.4 is 16.6 Å². The number of nitrogens with two attached hydrogens (primary N) is 1. The van der Waals surface area contributed by atoms with Gasteiger partial charge in [-0.05, 0) is 50.4 Å². The van der Waals surface area contributed by atoms with Gasteiger partial charge in [0.05, 0.1) is 0 Å². The van der Waals surface area contributed by atoms with E-state index < -0.39 is 0 Å². The van der Waals surface area contributed by atoms with E-state index in [1.54, 1.807) is 0 Å². The predicted octanol–water partition coefficient (Wildman–Crippen LogP) is 4.91. The van der Waals surface area contributed by atoms with Gasteiger partial charge < -0.3 is 5.73 Å². The highest BCUT2D eigenvalue weighted by molar-refractivity contribution is 5.07. The van der Waals surface area contributed by atoms with Crippen molar-refractivity contribution < 1.29 is 0 Å². The Morgan fingerprint density at radius 2 is 1.46 bits per heavy atom. The van der Waals surface area contributed by atoms with Gasteiger partial charge in [0.1, 0.15) is 0 Å². The second kappa shape index (κ2) is 8.51. The van der Waals surface area contributed by atoms with Crippen molar-refractivity contribution in [2.24, 2.45) is 17.1 Å². The fourth-order valence-corrected chi connectivity index (χ4v) is 5.59. The van der Waals surface area contributed by atoms with E-state index in [2.05, 4.69) is 38.5 Å². The summed E-state index contributed by atoms with van der Waals surface area (Å²) in [6.07, 6.45) is 15.3. The first kappa shape index (κ1) is 20.2.